The van der Waals surface area contributed by atoms with Gasteiger partial charge in [0.25, 0.3) is 0 Å². The molecular formula is C28H52CaO6. The number of carboxylic acids is 3. The average Bonchev–Trinajstić information content (AvgIpc) is 2.78. The molecule has 6 nitrogen and oxygen atoms in total. The molecule has 0 aliphatic heterocycles. The molecule has 0 unspecified atom stereocenters. The summed E-state index contributed by atoms with van der Waals surface area (Å²) in [6, 6.07) is 0. The van der Waals surface area contributed by atoms with Crippen molar-refractivity contribution in [2.45, 2.75) is 161 Å². The Morgan fingerprint density at radius 3 is 0.914 bits per heavy atom. The van der Waals surface area contributed by atoms with Gasteiger partial charge in [-0.1, -0.05) is 122 Å². The topological polar surface area (TPSA) is 118 Å². The first kappa shape index (κ1) is 39.2. The van der Waals surface area contributed by atoms with E-state index in [1.807, 2.05) is 0 Å². The van der Waals surface area contributed by atoms with Crippen LogP contribution in [0.3, 0.4) is 0 Å². The van der Waals surface area contributed by atoms with Gasteiger partial charge in [0.15, 0.2) is 0 Å². The van der Waals surface area contributed by atoms with Crippen LogP contribution in [-0.2, 0) is 14.4 Å². The number of unbranched alkanes of at least 4 members (excludes halogenated alkanes) is 19. The third kappa shape index (κ3) is 44.1. The third-order valence-corrected chi connectivity index (χ3v) is 6.01. The van der Waals surface area contributed by atoms with Crippen molar-refractivity contribution in [2.75, 3.05) is 0 Å². The Hall–Kier alpha value is -0.330. The zero-order valence-corrected chi connectivity index (χ0v) is 24.9. The van der Waals surface area contributed by atoms with Crippen LogP contribution in [-0.4, -0.2) is 60.8 Å². The van der Waals surface area contributed by atoms with Crippen LogP contribution in [0.25, 0.3) is 0 Å². The molecule has 7 heteroatoms. The molecule has 0 heterocycles. The number of rotatable bonds is 25. The second kappa shape index (κ2) is 33.7. The molecule has 35 heavy (non-hydrogen) atoms. The molecule has 0 atom stereocenters. The second-order valence-electron chi connectivity index (χ2n) is 9.46. The molecule has 0 spiro atoms. The Bertz CT molecular complexity index is 450. The molecule has 0 aromatic rings. The van der Waals surface area contributed by atoms with Gasteiger partial charge in [-0.05, 0) is 32.1 Å². The Morgan fingerprint density at radius 2 is 0.686 bits per heavy atom. The normalized spacial score (nSPS) is 10.2. The summed E-state index contributed by atoms with van der Waals surface area (Å²) < 4.78 is 0. The van der Waals surface area contributed by atoms with E-state index in [1.54, 1.807) is 0 Å². The van der Waals surface area contributed by atoms with Crippen LogP contribution < -0.4 is 10.2 Å². The fourth-order valence-corrected chi connectivity index (χ4v) is 3.89. The summed E-state index contributed by atoms with van der Waals surface area (Å²) in [5.41, 5.74) is 0. The molecule has 0 amide bonds. The maximum absolute atomic E-state index is 10.2. The minimum atomic E-state index is -0.990. The summed E-state index contributed by atoms with van der Waals surface area (Å²) in [5.74, 6) is -2.64. The fraction of sp³-hybridized carbons (Fsp3) is 0.893. The Labute approximate surface area is 245 Å². The molecular weight excluding hydrogens is 472 g/mol. The minimum absolute atomic E-state index is 0. The molecule has 0 aliphatic carbocycles. The molecule has 0 rings (SSSR count). The molecule has 1 N–H and O–H groups in total. The number of carboxylic acid groups (broad SMARTS) is 3. The number of hydrogen-bond acceptors (Lipinski definition) is 5. The van der Waals surface area contributed by atoms with Gasteiger partial charge in [-0.15, -0.1) is 0 Å². The quantitative estimate of drug-likeness (QED) is 0.123. The molecule has 202 valence electrons. The average molecular weight is 525 g/mol. The molecule has 0 fully saturated rings. The zero-order valence-electron chi connectivity index (χ0n) is 22.7. The van der Waals surface area contributed by atoms with Crippen molar-refractivity contribution < 1.29 is 29.7 Å². The molecule has 0 bridgehead atoms. The Morgan fingerprint density at radius 1 is 0.457 bits per heavy atom. The summed E-state index contributed by atoms with van der Waals surface area (Å²) in [6.45, 7) is 2.27. The van der Waals surface area contributed by atoms with E-state index in [4.69, 9.17) is 5.11 Å². The summed E-state index contributed by atoms with van der Waals surface area (Å²) in [4.78, 5) is 30.4. The van der Waals surface area contributed by atoms with Crippen molar-refractivity contribution >= 4 is 55.6 Å². The molecule has 0 aliphatic rings. The summed E-state index contributed by atoms with van der Waals surface area (Å²) in [7, 11) is 0. The van der Waals surface area contributed by atoms with Gasteiger partial charge in [-0.2, -0.15) is 0 Å². The molecule has 0 aromatic carbocycles. The predicted octanol–water partition coefficient (Wildman–Crippen LogP) is 5.56. The van der Waals surface area contributed by atoms with Crippen LogP contribution in [0.1, 0.15) is 161 Å². The van der Waals surface area contributed by atoms with Crippen LogP contribution in [0.5, 0.6) is 0 Å². The van der Waals surface area contributed by atoms with Crippen LogP contribution >= 0.6 is 0 Å². The summed E-state index contributed by atoms with van der Waals surface area (Å²) >= 11 is 0. The number of carbonyl (C=O) groups excluding carboxylic acids is 2. The van der Waals surface area contributed by atoms with E-state index < -0.39 is 17.9 Å². The largest absolute Gasteiger partial charge is 2.00 e. The van der Waals surface area contributed by atoms with Crippen molar-refractivity contribution in [2.24, 2.45) is 0 Å². The van der Waals surface area contributed by atoms with E-state index in [9.17, 15) is 24.6 Å². The first-order valence-corrected chi connectivity index (χ1v) is 14.0. The predicted molar refractivity (Wildman–Crippen MR) is 140 cm³/mol. The molecule has 0 aromatic heterocycles. The van der Waals surface area contributed by atoms with E-state index in [2.05, 4.69) is 6.92 Å². The van der Waals surface area contributed by atoms with Gasteiger partial charge in [0.1, 0.15) is 0 Å². The van der Waals surface area contributed by atoms with Crippen LogP contribution in [0.2, 0.25) is 0 Å². The van der Waals surface area contributed by atoms with Gasteiger partial charge in [-0.3, -0.25) is 4.79 Å². The standard InChI is InChI=1S/C18H36O2.C10H18O4.Ca/c1-2-3-4-5-6-7-8-9-10-11-12-13-14-15-16-17-18(19)20;11-9(12)7-5-3-1-2-4-6-8-10(13)14;/h2-17H2,1H3,(H,19,20);1-8H2,(H,11,12)(H,13,14);/q;;+2/p-2. The Balaban J connectivity index is -0.000000603. The van der Waals surface area contributed by atoms with Crippen molar-refractivity contribution in [3.8, 4) is 0 Å². The first-order valence-electron chi connectivity index (χ1n) is 14.0. The monoisotopic (exact) mass is 524 g/mol. The van der Waals surface area contributed by atoms with Gasteiger partial charge >= 0.3 is 43.7 Å². The number of hydrogen-bond donors (Lipinski definition) is 1. The molecule has 0 saturated heterocycles. The van der Waals surface area contributed by atoms with Crippen molar-refractivity contribution in [1.29, 1.82) is 0 Å². The SMILES string of the molecule is CCCCCCCCCCCCCCCCCC(=O)[O-].O=C([O-])CCCCCCCCC(=O)O.[Ca+2]. The second-order valence-corrected chi connectivity index (χ2v) is 9.46. The van der Waals surface area contributed by atoms with Gasteiger partial charge in [0, 0.05) is 18.4 Å². The van der Waals surface area contributed by atoms with Crippen LogP contribution in [0.15, 0.2) is 0 Å². The van der Waals surface area contributed by atoms with E-state index in [0.717, 1.165) is 44.9 Å². The van der Waals surface area contributed by atoms with Crippen molar-refractivity contribution in [3.05, 3.63) is 0 Å². The van der Waals surface area contributed by atoms with Gasteiger partial charge < -0.3 is 24.9 Å². The van der Waals surface area contributed by atoms with Gasteiger partial charge in [0.2, 0.25) is 0 Å². The van der Waals surface area contributed by atoms with Crippen molar-refractivity contribution in [3.63, 3.8) is 0 Å². The smallest absolute Gasteiger partial charge is 0.550 e. The van der Waals surface area contributed by atoms with E-state index >= 15 is 0 Å². The summed E-state index contributed by atoms with van der Waals surface area (Å²) in [6.07, 6.45) is 25.4. The fourth-order valence-electron chi connectivity index (χ4n) is 3.89. The molecule has 0 saturated carbocycles. The minimum Gasteiger partial charge on any atom is -0.550 e. The van der Waals surface area contributed by atoms with Gasteiger partial charge in [-0.25, -0.2) is 0 Å². The van der Waals surface area contributed by atoms with E-state index in [0.29, 0.717) is 6.42 Å². The van der Waals surface area contributed by atoms with Crippen LogP contribution in [0, 0.1) is 0 Å². The number of carbonyl (C=O) groups is 3. The maximum atomic E-state index is 10.2. The van der Waals surface area contributed by atoms with E-state index in [1.165, 1.54) is 83.5 Å². The van der Waals surface area contributed by atoms with E-state index in [-0.39, 0.29) is 57.0 Å². The van der Waals surface area contributed by atoms with Crippen molar-refractivity contribution in [1.82, 2.24) is 0 Å². The maximum Gasteiger partial charge on any atom is 2.00 e. The zero-order chi connectivity index (χ0) is 25.7. The first-order chi connectivity index (χ1) is 16.4. The van der Waals surface area contributed by atoms with Gasteiger partial charge in [0.05, 0.1) is 0 Å². The third-order valence-electron chi connectivity index (χ3n) is 6.01. The van der Waals surface area contributed by atoms with Crippen LogP contribution in [0.4, 0.5) is 0 Å². The molecule has 0 radical (unpaired) electrons. The summed E-state index contributed by atoms with van der Waals surface area (Å²) in [5, 5.41) is 28.6. The Kier molecular flexibility index (Phi) is 37.7. The number of aliphatic carboxylic acids is 3.